The second kappa shape index (κ2) is 7.02. The maximum Gasteiger partial charge on any atom is 0.293 e. The Kier molecular flexibility index (Phi) is 4.82. The van der Waals surface area contributed by atoms with E-state index in [-0.39, 0.29) is 23.5 Å². The third-order valence-corrected chi connectivity index (χ3v) is 4.33. The first kappa shape index (κ1) is 16.5. The summed E-state index contributed by atoms with van der Waals surface area (Å²) >= 11 is 0.867. The normalized spacial score (nSPS) is 16.4. The molecule has 0 atom stereocenters. The summed E-state index contributed by atoms with van der Waals surface area (Å²) in [7, 11) is 1.51. The molecule has 0 unspecified atom stereocenters. The van der Waals surface area contributed by atoms with Gasteiger partial charge < -0.3 is 9.15 Å². The fourth-order valence-electron chi connectivity index (χ4n) is 2.20. The molecule has 0 bridgehead atoms. The molecule has 2 aromatic rings. The number of carbonyl (C=O) groups excluding carboxylic acids is 2. The summed E-state index contributed by atoms with van der Waals surface area (Å²) in [5.41, 5.74) is 0.726. The first-order valence-corrected chi connectivity index (χ1v) is 8.00. The minimum atomic E-state index is -0.359. The number of nitrogens with zero attached hydrogens (tertiary/aromatic N) is 1. The Hall–Kier alpha value is -2.38. The van der Waals surface area contributed by atoms with Crippen molar-refractivity contribution in [2.75, 3.05) is 20.3 Å². The van der Waals surface area contributed by atoms with Crippen molar-refractivity contribution in [1.82, 2.24) is 4.90 Å². The topological polar surface area (TPSA) is 59.8 Å². The molecule has 124 valence electrons. The van der Waals surface area contributed by atoms with E-state index < -0.39 is 0 Å². The number of imide groups is 1. The van der Waals surface area contributed by atoms with E-state index in [1.807, 2.05) is 0 Å². The van der Waals surface area contributed by atoms with Gasteiger partial charge in [-0.05, 0) is 48.2 Å². The first-order chi connectivity index (χ1) is 11.6. The summed E-state index contributed by atoms with van der Waals surface area (Å²) in [6.45, 7) is 0.512. The molecule has 0 spiro atoms. The van der Waals surface area contributed by atoms with Crippen LogP contribution in [0.25, 0.3) is 17.4 Å². The number of furan rings is 1. The van der Waals surface area contributed by atoms with Crippen molar-refractivity contribution >= 4 is 29.0 Å². The summed E-state index contributed by atoms with van der Waals surface area (Å²) in [5, 5.41) is -0.325. The molecule has 1 aromatic carbocycles. The van der Waals surface area contributed by atoms with Gasteiger partial charge in [-0.1, -0.05) is 0 Å². The van der Waals surface area contributed by atoms with Gasteiger partial charge in [-0.25, -0.2) is 4.39 Å². The van der Waals surface area contributed by atoms with Crippen molar-refractivity contribution in [3.8, 4) is 11.3 Å². The Bertz CT molecular complexity index is 797. The van der Waals surface area contributed by atoms with E-state index in [4.69, 9.17) is 9.15 Å². The molecular weight excluding hydrogens is 333 g/mol. The van der Waals surface area contributed by atoms with Gasteiger partial charge in [0.05, 0.1) is 18.1 Å². The Labute approximate surface area is 142 Å². The van der Waals surface area contributed by atoms with Crippen LogP contribution in [-0.4, -0.2) is 36.3 Å². The number of hydrogen-bond acceptors (Lipinski definition) is 5. The van der Waals surface area contributed by atoms with E-state index in [0.29, 0.717) is 23.0 Å². The molecule has 1 saturated heterocycles. The van der Waals surface area contributed by atoms with E-state index in [1.165, 1.54) is 25.3 Å². The van der Waals surface area contributed by atoms with Crippen LogP contribution in [0.2, 0.25) is 0 Å². The average Bonchev–Trinajstić information content (AvgIpc) is 3.13. The standard InChI is InChI=1S/C17H14FNO4S/c1-22-9-8-19-16(20)15(24-17(19)21)10-13-6-7-14(23-13)11-2-4-12(18)5-3-11/h2-7,10H,8-9H2,1H3/b15-10+. The smallest absolute Gasteiger partial charge is 0.293 e. The van der Waals surface area contributed by atoms with Crippen molar-refractivity contribution in [3.63, 3.8) is 0 Å². The fraction of sp³-hybridized carbons (Fsp3) is 0.176. The molecule has 24 heavy (non-hydrogen) atoms. The number of hydrogen-bond donors (Lipinski definition) is 0. The van der Waals surface area contributed by atoms with Gasteiger partial charge in [0.2, 0.25) is 0 Å². The zero-order chi connectivity index (χ0) is 17.1. The van der Waals surface area contributed by atoms with Crippen molar-refractivity contribution in [3.05, 3.63) is 52.9 Å². The zero-order valence-corrected chi connectivity index (χ0v) is 13.6. The predicted octanol–water partition coefficient (Wildman–Crippen LogP) is 3.77. The van der Waals surface area contributed by atoms with Crippen LogP contribution in [0.5, 0.6) is 0 Å². The van der Waals surface area contributed by atoms with Crippen LogP contribution in [0.15, 0.2) is 45.7 Å². The summed E-state index contributed by atoms with van der Waals surface area (Å²) in [4.78, 5) is 25.5. The molecular formula is C17H14FNO4S. The molecule has 2 amide bonds. The molecule has 0 N–H and O–H groups in total. The largest absolute Gasteiger partial charge is 0.457 e. The van der Waals surface area contributed by atoms with Crippen molar-refractivity contribution < 1.29 is 23.1 Å². The Morgan fingerprint density at radius 3 is 2.67 bits per heavy atom. The molecule has 1 aliphatic rings. The maximum absolute atomic E-state index is 13.0. The van der Waals surface area contributed by atoms with Crippen LogP contribution < -0.4 is 0 Å². The lowest BCUT2D eigenvalue weighted by molar-refractivity contribution is -0.123. The van der Waals surface area contributed by atoms with Gasteiger partial charge in [0.15, 0.2) is 0 Å². The van der Waals surface area contributed by atoms with Gasteiger partial charge >= 0.3 is 0 Å². The van der Waals surface area contributed by atoms with E-state index in [1.54, 1.807) is 24.3 Å². The summed E-state index contributed by atoms with van der Waals surface area (Å²) in [6.07, 6.45) is 1.53. The fourth-order valence-corrected chi connectivity index (χ4v) is 3.05. The molecule has 0 saturated carbocycles. The quantitative estimate of drug-likeness (QED) is 0.771. The number of benzene rings is 1. The number of halogens is 1. The zero-order valence-electron chi connectivity index (χ0n) is 12.8. The molecule has 3 rings (SSSR count). The number of carbonyl (C=O) groups is 2. The second-order valence-corrected chi connectivity index (χ2v) is 6.03. The highest BCUT2D eigenvalue weighted by Gasteiger charge is 2.34. The van der Waals surface area contributed by atoms with Crippen molar-refractivity contribution in [2.24, 2.45) is 0 Å². The van der Waals surface area contributed by atoms with Crippen molar-refractivity contribution in [1.29, 1.82) is 0 Å². The van der Waals surface area contributed by atoms with Gasteiger partial charge in [0.25, 0.3) is 11.1 Å². The predicted molar refractivity (Wildman–Crippen MR) is 88.7 cm³/mol. The number of rotatable bonds is 5. The van der Waals surface area contributed by atoms with Crippen LogP contribution in [0, 0.1) is 5.82 Å². The van der Waals surface area contributed by atoms with Gasteiger partial charge in [0, 0.05) is 18.7 Å². The van der Waals surface area contributed by atoms with E-state index >= 15 is 0 Å². The van der Waals surface area contributed by atoms with Crippen LogP contribution in [0.3, 0.4) is 0 Å². The van der Waals surface area contributed by atoms with Crippen LogP contribution in [0.1, 0.15) is 5.76 Å². The molecule has 1 fully saturated rings. The molecule has 7 heteroatoms. The highest BCUT2D eigenvalue weighted by molar-refractivity contribution is 8.18. The number of ether oxygens (including phenoxy) is 1. The van der Waals surface area contributed by atoms with Crippen LogP contribution in [-0.2, 0) is 9.53 Å². The highest BCUT2D eigenvalue weighted by Crippen LogP contribution is 2.33. The Morgan fingerprint density at radius 1 is 1.21 bits per heavy atom. The summed E-state index contributed by atoms with van der Waals surface area (Å²) < 4.78 is 23.5. The minimum absolute atomic E-state index is 0.220. The Morgan fingerprint density at radius 2 is 1.96 bits per heavy atom. The highest BCUT2D eigenvalue weighted by atomic mass is 32.2. The summed E-state index contributed by atoms with van der Waals surface area (Å²) in [6, 6.07) is 9.33. The average molecular weight is 347 g/mol. The molecule has 0 radical (unpaired) electrons. The van der Waals surface area contributed by atoms with Gasteiger partial charge in [0.1, 0.15) is 17.3 Å². The third-order valence-electron chi connectivity index (χ3n) is 3.42. The number of methoxy groups -OCH3 is 1. The van der Waals surface area contributed by atoms with Gasteiger partial charge in [-0.15, -0.1) is 0 Å². The van der Waals surface area contributed by atoms with Gasteiger partial charge in [-0.2, -0.15) is 0 Å². The minimum Gasteiger partial charge on any atom is -0.457 e. The monoisotopic (exact) mass is 347 g/mol. The molecule has 0 aliphatic carbocycles. The lowest BCUT2D eigenvalue weighted by Crippen LogP contribution is -2.31. The van der Waals surface area contributed by atoms with E-state index in [0.717, 1.165) is 22.2 Å². The lowest BCUT2D eigenvalue weighted by atomic mass is 10.2. The molecule has 1 aliphatic heterocycles. The van der Waals surface area contributed by atoms with Crippen molar-refractivity contribution in [2.45, 2.75) is 0 Å². The maximum atomic E-state index is 13.0. The number of thioether (sulfide) groups is 1. The third kappa shape index (κ3) is 3.42. The molecule has 2 heterocycles. The van der Waals surface area contributed by atoms with E-state index in [9.17, 15) is 14.0 Å². The Balaban J connectivity index is 1.78. The molecule has 1 aromatic heterocycles. The molecule has 5 nitrogen and oxygen atoms in total. The second-order valence-electron chi connectivity index (χ2n) is 5.04. The first-order valence-electron chi connectivity index (χ1n) is 7.18. The SMILES string of the molecule is COCCN1C(=O)S/C(=C/c2ccc(-c3ccc(F)cc3)o2)C1=O. The van der Waals surface area contributed by atoms with Crippen LogP contribution in [0.4, 0.5) is 9.18 Å². The number of amides is 2. The summed E-state index contributed by atoms with van der Waals surface area (Å²) in [5.74, 6) is 0.323. The van der Waals surface area contributed by atoms with E-state index in [2.05, 4.69) is 0 Å². The van der Waals surface area contributed by atoms with Gasteiger partial charge in [-0.3, -0.25) is 14.5 Å². The lowest BCUT2D eigenvalue weighted by Gasteiger charge is -2.10. The van der Waals surface area contributed by atoms with Crippen LogP contribution >= 0.6 is 11.8 Å².